The first-order chi connectivity index (χ1) is 10.3. The van der Waals surface area contributed by atoms with Crippen molar-refractivity contribution in [1.29, 1.82) is 0 Å². The Morgan fingerprint density at radius 3 is 2.41 bits per heavy atom. The Hall–Kier alpha value is -1.67. The van der Waals surface area contributed by atoms with Gasteiger partial charge in [-0.3, -0.25) is 9.48 Å². The van der Waals surface area contributed by atoms with Crippen LogP contribution in [0.5, 0.6) is 0 Å². The number of piperidine rings is 1. The quantitative estimate of drug-likeness (QED) is 0.833. The Kier molecular flexibility index (Phi) is 5.02. The summed E-state index contributed by atoms with van der Waals surface area (Å²) in [6.07, 6.45) is 5.52. The maximum atomic E-state index is 12.1. The number of aromatic nitrogens is 2. The Bertz CT molecular complexity index is 685. The molecule has 7 nitrogen and oxygen atoms in total. The highest BCUT2D eigenvalue weighted by Gasteiger charge is 2.24. The number of amides is 1. The first-order valence-electron chi connectivity index (χ1n) is 7.31. The summed E-state index contributed by atoms with van der Waals surface area (Å²) in [5.41, 5.74) is 2.54. The molecule has 0 radical (unpaired) electrons. The number of rotatable bonds is 4. The van der Waals surface area contributed by atoms with Crippen molar-refractivity contribution in [1.82, 2.24) is 18.8 Å². The molecule has 1 saturated heterocycles. The molecule has 0 saturated carbocycles. The van der Waals surface area contributed by atoms with Crippen molar-refractivity contribution in [3.05, 3.63) is 23.0 Å². The molecule has 1 aromatic heterocycles. The minimum Gasteiger partial charge on any atom is -0.272 e. The van der Waals surface area contributed by atoms with E-state index < -0.39 is 16.1 Å². The molecule has 1 aromatic rings. The molecule has 0 atom stereocenters. The Balaban J connectivity index is 2.04. The van der Waals surface area contributed by atoms with Crippen LogP contribution in [0.4, 0.5) is 0 Å². The van der Waals surface area contributed by atoms with Crippen LogP contribution < -0.4 is 4.72 Å². The van der Waals surface area contributed by atoms with E-state index in [4.69, 9.17) is 0 Å². The van der Waals surface area contributed by atoms with Gasteiger partial charge in [-0.1, -0.05) is 6.42 Å². The van der Waals surface area contributed by atoms with Crippen LogP contribution in [0.3, 0.4) is 0 Å². The van der Waals surface area contributed by atoms with E-state index in [9.17, 15) is 13.2 Å². The number of aryl methyl sites for hydroxylation is 2. The molecule has 122 valence electrons. The summed E-state index contributed by atoms with van der Waals surface area (Å²) in [6, 6.07) is 0. The third-order valence-corrected chi connectivity index (χ3v) is 5.36. The van der Waals surface area contributed by atoms with E-state index in [0.717, 1.165) is 36.2 Å². The monoisotopic (exact) mass is 326 g/mol. The predicted octanol–water partition coefficient (Wildman–Crippen LogP) is 0.897. The molecule has 1 aliphatic heterocycles. The van der Waals surface area contributed by atoms with Crippen LogP contribution in [0, 0.1) is 13.8 Å². The summed E-state index contributed by atoms with van der Waals surface area (Å²) < 4.78 is 29.3. The van der Waals surface area contributed by atoms with Gasteiger partial charge < -0.3 is 0 Å². The zero-order chi connectivity index (χ0) is 16.3. The van der Waals surface area contributed by atoms with Crippen molar-refractivity contribution in [2.75, 3.05) is 13.1 Å². The molecule has 2 rings (SSSR count). The smallest absolute Gasteiger partial charge is 0.272 e. The van der Waals surface area contributed by atoms with Crippen LogP contribution in [0.15, 0.2) is 6.08 Å². The standard InChI is InChI=1S/C14H22N4O3S/c1-11-13(12(2)17(3)15-11)7-8-14(19)16-22(20,21)18-9-5-4-6-10-18/h7-8H,4-6,9-10H2,1-3H3,(H,16,19). The first kappa shape index (κ1) is 16.7. The third kappa shape index (κ3) is 3.75. The van der Waals surface area contributed by atoms with Crippen LogP contribution in [-0.2, 0) is 22.1 Å². The van der Waals surface area contributed by atoms with Crippen LogP contribution in [0.25, 0.3) is 6.08 Å². The van der Waals surface area contributed by atoms with Crippen molar-refractivity contribution in [2.24, 2.45) is 7.05 Å². The lowest BCUT2D eigenvalue weighted by Crippen LogP contribution is -2.45. The summed E-state index contributed by atoms with van der Waals surface area (Å²) >= 11 is 0. The maximum Gasteiger partial charge on any atom is 0.304 e. The summed E-state index contributed by atoms with van der Waals surface area (Å²) in [5, 5.41) is 4.24. The number of nitrogens with one attached hydrogen (secondary N) is 1. The normalized spacial score (nSPS) is 17.0. The van der Waals surface area contributed by atoms with Gasteiger partial charge in [-0.2, -0.15) is 17.8 Å². The fourth-order valence-electron chi connectivity index (χ4n) is 2.52. The number of carbonyl (C=O) groups is 1. The van der Waals surface area contributed by atoms with E-state index in [1.54, 1.807) is 10.8 Å². The second-order valence-corrected chi connectivity index (χ2v) is 7.14. The zero-order valence-corrected chi connectivity index (χ0v) is 14.0. The Labute approximate surface area is 131 Å². The Morgan fingerprint density at radius 1 is 1.23 bits per heavy atom. The van der Waals surface area contributed by atoms with E-state index in [1.165, 1.54) is 10.4 Å². The molecular formula is C14H22N4O3S. The molecule has 1 fully saturated rings. The molecular weight excluding hydrogens is 304 g/mol. The minimum absolute atomic E-state index is 0.465. The largest absolute Gasteiger partial charge is 0.304 e. The van der Waals surface area contributed by atoms with Gasteiger partial charge in [-0.25, -0.2) is 4.72 Å². The van der Waals surface area contributed by atoms with Crippen molar-refractivity contribution in [3.63, 3.8) is 0 Å². The van der Waals surface area contributed by atoms with E-state index >= 15 is 0 Å². The maximum absolute atomic E-state index is 12.1. The summed E-state index contributed by atoms with van der Waals surface area (Å²) in [5.74, 6) is -0.645. The topological polar surface area (TPSA) is 84.3 Å². The number of hydrogen-bond donors (Lipinski definition) is 1. The van der Waals surface area contributed by atoms with Crippen molar-refractivity contribution >= 4 is 22.2 Å². The highest BCUT2D eigenvalue weighted by molar-refractivity contribution is 7.87. The van der Waals surface area contributed by atoms with Crippen LogP contribution in [0.1, 0.15) is 36.2 Å². The SMILES string of the molecule is Cc1nn(C)c(C)c1C=CC(=O)NS(=O)(=O)N1CCCCC1. The van der Waals surface area contributed by atoms with Gasteiger partial charge >= 0.3 is 10.2 Å². The number of hydrogen-bond acceptors (Lipinski definition) is 4. The van der Waals surface area contributed by atoms with Crippen LogP contribution in [0.2, 0.25) is 0 Å². The highest BCUT2D eigenvalue weighted by Crippen LogP contribution is 2.14. The van der Waals surface area contributed by atoms with E-state index in [1.807, 2.05) is 20.9 Å². The van der Waals surface area contributed by atoms with Crippen LogP contribution in [-0.4, -0.2) is 41.5 Å². The molecule has 22 heavy (non-hydrogen) atoms. The van der Waals surface area contributed by atoms with Gasteiger partial charge in [0.05, 0.1) is 5.69 Å². The highest BCUT2D eigenvalue weighted by atomic mass is 32.2. The predicted molar refractivity (Wildman–Crippen MR) is 84.2 cm³/mol. The second kappa shape index (κ2) is 6.62. The molecule has 1 aliphatic rings. The fraction of sp³-hybridized carbons (Fsp3) is 0.571. The molecule has 0 bridgehead atoms. The summed E-state index contributed by atoms with van der Waals surface area (Å²) in [4.78, 5) is 11.9. The van der Waals surface area contributed by atoms with Gasteiger partial charge in [0, 0.05) is 37.5 Å². The van der Waals surface area contributed by atoms with Gasteiger partial charge in [-0.05, 0) is 32.8 Å². The minimum atomic E-state index is -3.74. The van der Waals surface area contributed by atoms with Gasteiger partial charge in [-0.15, -0.1) is 0 Å². The van der Waals surface area contributed by atoms with Crippen molar-refractivity contribution < 1.29 is 13.2 Å². The average Bonchev–Trinajstić information content (AvgIpc) is 2.71. The van der Waals surface area contributed by atoms with Gasteiger partial charge in [0.15, 0.2) is 0 Å². The molecule has 0 spiro atoms. The molecule has 0 aliphatic carbocycles. The molecule has 1 N–H and O–H groups in total. The third-order valence-electron chi connectivity index (χ3n) is 3.85. The lowest BCUT2D eigenvalue weighted by Gasteiger charge is -2.25. The van der Waals surface area contributed by atoms with E-state index in [0.29, 0.717) is 13.1 Å². The average molecular weight is 326 g/mol. The van der Waals surface area contributed by atoms with Crippen molar-refractivity contribution in [3.8, 4) is 0 Å². The van der Waals surface area contributed by atoms with Gasteiger partial charge in [0.1, 0.15) is 0 Å². The fourth-order valence-corrected chi connectivity index (χ4v) is 3.71. The summed E-state index contributed by atoms with van der Waals surface area (Å²) in [7, 11) is -1.92. The lowest BCUT2D eigenvalue weighted by atomic mass is 10.2. The molecule has 1 amide bonds. The number of nitrogens with zero attached hydrogens (tertiary/aromatic N) is 3. The molecule has 2 heterocycles. The second-order valence-electron chi connectivity index (χ2n) is 5.47. The van der Waals surface area contributed by atoms with E-state index in [-0.39, 0.29) is 0 Å². The number of carbonyl (C=O) groups excluding carboxylic acids is 1. The van der Waals surface area contributed by atoms with Crippen LogP contribution >= 0.6 is 0 Å². The van der Waals surface area contributed by atoms with Gasteiger partial charge in [0.25, 0.3) is 5.91 Å². The zero-order valence-electron chi connectivity index (χ0n) is 13.2. The molecule has 0 unspecified atom stereocenters. The lowest BCUT2D eigenvalue weighted by molar-refractivity contribution is -0.114. The first-order valence-corrected chi connectivity index (χ1v) is 8.75. The molecule has 0 aromatic carbocycles. The Morgan fingerprint density at radius 2 is 1.86 bits per heavy atom. The van der Waals surface area contributed by atoms with E-state index in [2.05, 4.69) is 9.82 Å². The van der Waals surface area contributed by atoms with Gasteiger partial charge in [0.2, 0.25) is 0 Å². The summed E-state index contributed by atoms with van der Waals surface area (Å²) in [6.45, 7) is 4.66. The molecule has 8 heteroatoms. The van der Waals surface area contributed by atoms with Crippen molar-refractivity contribution in [2.45, 2.75) is 33.1 Å².